The highest BCUT2D eigenvalue weighted by atomic mass is 16.5. The Morgan fingerprint density at radius 2 is 1.76 bits per heavy atom. The molecule has 1 N–H and O–H groups in total. The number of carbonyl (C=O) groups is 2. The van der Waals surface area contributed by atoms with Crippen molar-refractivity contribution in [1.82, 2.24) is 9.99 Å². The van der Waals surface area contributed by atoms with Crippen molar-refractivity contribution < 1.29 is 19.1 Å². The number of hydrogen-bond donors (Lipinski definition) is 1. The van der Waals surface area contributed by atoms with Crippen LogP contribution in [0.2, 0.25) is 0 Å². The van der Waals surface area contributed by atoms with Gasteiger partial charge in [0, 0.05) is 41.3 Å². The average molecular weight is 499 g/mol. The highest BCUT2D eigenvalue weighted by Gasteiger charge is 2.23. The molecule has 1 fully saturated rings. The molecule has 0 unspecified atom stereocenters. The summed E-state index contributed by atoms with van der Waals surface area (Å²) in [7, 11) is 1.64. The molecular weight excluding hydrogens is 468 g/mol. The lowest BCUT2D eigenvalue weighted by molar-refractivity contribution is 0.0751. The van der Waals surface area contributed by atoms with Crippen LogP contribution in [0.15, 0.2) is 72.1 Å². The van der Waals surface area contributed by atoms with Crippen molar-refractivity contribution in [2.75, 3.05) is 19.0 Å². The molecule has 2 aliphatic rings. The first-order valence-electron chi connectivity index (χ1n) is 12.7. The molecule has 37 heavy (non-hydrogen) atoms. The molecule has 0 atom stereocenters. The number of hydrazone groups is 1. The zero-order valence-electron chi connectivity index (χ0n) is 20.9. The maximum absolute atomic E-state index is 13.3. The number of benzene rings is 2. The normalized spacial score (nSPS) is 15.7. The number of anilines is 1. The SMILES string of the molecule is COc1ccc(C2=NN(C(=O)c3cccc(NC(=O)c4ccncc4)c3)CCC2)cc1OC1CCCC1. The molecule has 2 heterocycles. The number of methoxy groups -OCH3 is 1. The second-order valence-corrected chi connectivity index (χ2v) is 9.24. The van der Waals surface area contributed by atoms with E-state index < -0.39 is 0 Å². The molecule has 1 aliphatic carbocycles. The van der Waals surface area contributed by atoms with E-state index in [0.717, 1.165) is 42.7 Å². The third-order valence-electron chi connectivity index (χ3n) is 6.66. The van der Waals surface area contributed by atoms with Crippen LogP contribution in [0.25, 0.3) is 0 Å². The van der Waals surface area contributed by atoms with E-state index in [1.165, 1.54) is 17.9 Å². The highest BCUT2D eigenvalue weighted by Crippen LogP contribution is 2.33. The van der Waals surface area contributed by atoms with Gasteiger partial charge in [-0.25, -0.2) is 5.01 Å². The molecule has 0 saturated heterocycles. The third-order valence-corrected chi connectivity index (χ3v) is 6.66. The highest BCUT2D eigenvalue weighted by molar-refractivity contribution is 6.06. The molecule has 190 valence electrons. The fourth-order valence-electron chi connectivity index (χ4n) is 4.71. The van der Waals surface area contributed by atoms with Gasteiger partial charge in [-0.05, 0) is 87.1 Å². The molecule has 0 spiro atoms. The molecule has 0 radical (unpaired) electrons. The fourth-order valence-corrected chi connectivity index (χ4v) is 4.71. The van der Waals surface area contributed by atoms with E-state index in [4.69, 9.17) is 14.6 Å². The van der Waals surface area contributed by atoms with Gasteiger partial charge in [-0.3, -0.25) is 14.6 Å². The summed E-state index contributed by atoms with van der Waals surface area (Å²) in [5.74, 6) is 0.940. The van der Waals surface area contributed by atoms with Gasteiger partial charge in [-0.2, -0.15) is 5.10 Å². The molecule has 8 heteroatoms. The van der Waals surface area contributed by atoms with Gasteiger partial charge in [0.25, 0.3) is 11.8 Å². The molecule has 0 bridgehead atoms. The zero-order valence-corrected chi connectivity index (χ0v) is 20.9. The van der Waals surface area contributed by atoms with E-state index in [9.17, 15) is 9.59 Å². The summed E-state index contributed by atoms with van der Waals surface area (Å²) in [6, 6.07) is 16.0. The molecule has 1 aliphatic heterocycles. The third kappa shape index (κ3) is 5.80. The first-order valence-corrected chi connectivity index (χ1v) is 12.7. The van der Waals surface area contributed by atoms with Gasteiger partial charge in [-0.15, -0.1) is 0 Å². The smallest absolute Gasteiger partial charge is 0.274 e. The number of nitrogens with zero attached hydrogens (tertiary/aromatic N) is 3. The standard InChI is InChI=1S/C29H30N4O4/c1-36-26-12-11-21(19-27(26)37-24-8-2-3-9-24)25-10-5-17-33(32-25)29(35)22-6-4-7-23(18-22)31-28(34)20-13-15-30-16-14-20/h4,6-7,11-16,18-19,24H,2-3,5,8-10,17H2,1H3,(H,31,34). The number of carbonyl (C=O) groups excluding carboxylic acids is 2. The van der Waals surface area contributed by atoms with Crippen LogP contribution in [0.1, 0.15) is 64.8 Å². The summed E-state index contributed by atoms with van der Waals surface area (Å²) in [6.07, 6.45) is 9.38. The van der Waals surface area contributed by atoms with Crippen molar-refractivity contribution in [2.24, 2.45) is 5.10 Å². The van der Waals surface area contributed by atoms with Crippen LogP contribution in [0.3, 0.4) is 0 Å². The molecule has 8 nitrogen and oxygen atoms in total. The Morgan fingerprint density at radius 3 is 2.54 bits per heavy atom. The predicted molar refractivity (Wildman–Crippen MR) is 141 cm³/mol. The van der Waals surface area contributed by atoms with E-state index in [2.05, 4.69) is 10.3 Å². The van der Waals surface area contributed by atoms with Gasteiger partial charge < -0.3 is 14.8 Å². The summed E-state index contributed by atoms with van der Waals surface area (Å²) < 4.78 is 11.8. The largest absolute Gasteiger partial charge is 0.493 e. The van der Waals surface area contributed by atoms with Crippen LogP contribution >= 0.6 is 0 Å². The molecule has 5 rings (SSSR count). The van der Waals surface area contributed by atoms with Crippen molar-refractivity contribution >= 4 is 23.2 Å². The zero-order chi connectivity index (χ0) is 25.6. The van der Waals surface area contributed by atoms with Crippen LogP contribution in [-0.4, -0.2) is 47.3 Å². The summed E-state index contributed by atoms with van der Waals surface area (Å²) in [5.41, 5.74) is 3.24. The summed E-state index contributed by atoms with van der Waals surface area (Å²) >= 11 is 0. The maximum Gasteiger partial charge on any atom is 0.274 e. The first-order chi connectivity index (χ1) is 18.1. The van der Waals surface area contributed by atoms with Crippen LogP contribution in [-0.2, 0) is 0 Å². The van der Waals surface area contributed by atoms with Crippen LogP contribution in [0.4, 0.5) is 5.69 Å². The Balaban J connectivity index is 1.33. The Hall–Kier alpha value is -4.20. The Kier molecular flexibility index (Phi) is 7.44. The van der Waals surface area contributed by atoms with Crippen LogP contribution in [0.5, 0.6) is 11.5 Å². The Morgan fingerprint density at radius 1 is 0.946 bits per heavy atom. The van der Waals surface area contributed by atoms with E-state index in [1.807, 2.05) is 18.2 Å². The number of nitrogens with one attached hydrogen (secondary N) is 1. The lowest BCUT2D eigenvalue weighted by Crippen LogP contribution is -2.32. The molecule has 2 amide bonds. The van der Waals surface area contributed by atoms with Crippen LogP contribution in [0, 0.1) is 0 Å². The van der Waals surface area contributed by atoms with Crippen molar-refractivity contribution in [1.29, 1.82) is 0 Å². The maximum atomic E-state index is 13.3. The molecule has 3 aromatic rings. The van der Waals surface area contributed by atoms with E-state index in [-0.39, 0.29) is 17.9 Å². The number of rotatable bonds is 7. The number of aromatic nitrogens is 1. The van der Waals surface area contributed by atoms with Gasteiger partial charge in [0.15, 0.2) is 11.5 Å². The quantitative estimate of drug-likeness (QED) is 0.477. The summed E-state index contributed by atoms with van der Waals surface area (Å²) in [5, 5.41) is 9.05. The predicted octanol–water partition coefficient (Wildman–Crippen LogP) is 5.30. The average Bonchev–Trinajstić information content (AvgIpc) is 3.46. The fraction of sp³-hybridized carbons (Fsp3) is 0.310. The second kappa shape index (κ2) is 11.2. The van der Waals surface area contributed by atoms with Gasteiger partial charge in [0.2, 0.25) is 0 Å². The van der Waals surface area contributed by atoms with Crippen molar-refractivity contribution in [3.05, 3.63) is 83.7 Å². The minimum atomic E-state index is -0.264. The molecule has 1 aromatic heterocycles. The molecular formula is C29H30N4O4. The number of amides is 2. The minimum Gasteiger partial charge on any atom is -0.493 e. The Labute approximate surface area is 216 Å². The topological polar surface area (TPSA) is 93.1 Å². The number of ether oxygens (including phenoxy) is 2. The Bertz CT molecular complexity index is 1300. The van der Waals surface area contributed by atoms with Gasteiger partial charge in [-0.1, -0.05) is 6.07 Å². The van der Waals surface area contributed by atoms with Crippen molar-refractivity contribution in [2.45, 2.75) is 44.6 Å². The van der Waals surface area contributed by atoms with Gasteiger partial charge in [0.1, 0.15) is 0 Å². The van der Waals surface area contributed by atoms with E-state index in [1.54, 1.807) is 55.9 Å². The van der Waals surface area contributed by atoms with Crippen molar-refractivity contribution in [3.63, 3.8) is 0 Å². The minimum absolute atomic E-state index is 0.210. The summed E-state index contributed by atoms with van der Waals surface area (Å²) in [6.45, 7) is 0.525. The summed E-state index contributed by atoms with van der Waals surface area (Å²) in [4.78, 5) is 29.8. The first kappa shape index (κ1) is 24.5. The van der Waals surface area contributed by atoms with E-state index >= 15 is 0 Å². The lowest BCUT2D eigenvalue weighted by Gasteiger charge is -2.24. The second-order valence-electron chi connectivity index (χ2n) is 9.24. The number of hydrogen-bond acceptors (Lipinski definition) is 6. The monoisotopic (exact) mass is 498 g/mol. The van der Waals surface area contributed by atoms with Crippen molar-refractivity contribution in [3.8, 4) is 11.5 Å². The molecule has 2 aromatic carbocycles. The van der Waals surface area contributed by atoms with Crippen LogP contribution < -0.4 is 14.8 Å². The number of pyridine rings is 1. The lowest BCUT2D eigenvalue weighted by atomic mass is 10.0. The van der Waals surface area contributed by atoms with Gasteiger partial charge in [0.05, 0.1) is 18.9 Å². The molecule has 1 saturated carbocycles. The van der Waals surface area contributed by atoms with E-state index in [0.29, 0.717) is 29.1 Å². The van der Waals surface area contributed by atoms with Gasteiger partial charge >= 0.3 is 0 Å².